The number of nitrogens with zero attached hydrogens (tertiary/aromatic N) is 4. The number of hydrogen-bond acceptors (Lipinski definition) is 2. The first-order valence-electron chi connectivity index (χ1n) is 42.0. The van der Waals surface area contributed by atoms with Crippen molar-refractivity contribution in [1.82, 2.24) is 9.13 Å². The molecule has 22 rings (SSSR count). The number of aryl methyl sites for hydroxylation is 2. The van der Waals surface area contributed by atoms with Gasteiger partial charge in [-0.2, -0.15) is 0 Å². The minimum Gasteiger partial charge on any atom is -0.310 e. The third-order valence-corrected chi connectivity index (χ3v) is 26.6. The molecule has 0 saturated heterocycles. The highest BCUT2D eigenvalue weighted by Gasteiger charge is 2.43. The van der Waals surface area contributed by atoms with E-state index in [2.05, 4.69) is 460 Å². The zero-order chi connectivity index (χ0) is 79.7. The Labute approximate surface area is 696 Å². The summed E-state index contributed by atoms with van der Waals surface area (Å²) >= 11 is 0. The average Bonchev–Trinajstić information content (AvgIpc) is 1.56. The zero-order valence-electron chi connectivity index (χ0n) is 67.6. The molecule has 0 radical (unpaired) electrons. The van der Waals surface area contributed by atoms with E-state index in [9.17, 15) is 0 Å². The first kappa shape index (κ1) is 71.2. The summed E-state index contributed by atoms with van der Waals surface area (Å²) in [7, 11) is 0. The number of hydrogen-bond donors (Lipinski definition) is 0. The highest BCUT2D eigenvalue weighted by Crippen LogP contribution is 2.57. The van der Waals surface area contributed by atoms with Crippen LogP contribution in [0.1, 0.15) is 93.1 Å². The number of para-hydroxylation sites is 5. The molecular weight excluding hydrogens is 1440 g/mol. The second-order valence-corrected chi connectivity index (χ2v) is 34.0. The highest BCUT2D eigenvalue weighted by molar-refractivity contribution is 6.11. The Balaban J connectivity index is 0.540. The Morgan fingerprint density at radius 2 is 0.563 bits per heavy atom. The van der Waals surface area contributed by atoms with Crippen molar-refractivity contribution in [1.29, 1.82) is 0 Å². The summed E-state index contributed by atoms with van der Waals surface area (Å²) in [6.45, 7) is 11.7. The maximum atomic E-state index is 2.49. The third kappa shape index (κ3) is 11.9. The van der Waals surface area contributed by atoms with Crippen LogP contribution in [0.15, 0.2) is 394 Å². The van der Waals surface area contributed by atoms with Crippen LogP contribution < -0.4 is 9.80 Å². The molecule has 2 aromatic heterocycles. The van der Waals surface area contributed by atoms with E-state index in [1.807, 2.05) is 0 Å². The molecule has 19 aromatic rings. The lowest BCUT2D eigenvalue weighted by molar-refractivity contribution is 0.582. The molecule has 3 atom stereocenters. The van der Waals surface area contributed by atoms with Gasteiger partial charge in [-0.25, -0.2) is 0 Å². The Morgan fingerprint density at radius 1 is 0.235 bits per heavy atom. The Bertz CT molecular complexity index is 7180. The molecule has 0 N–H and O–H groups in total. The lowest BCUT2D eigenvalue weighted by Crippen LogP contribution is -2.24. The summed E-state index contributed by atoms with van der Waals surface area (Å²) in [5, 5.41) is 5.00. The summed E-state index contributed by atoms with van der Waals surface area (Å²) in [6, 6.07) is 148. The van der Waals surface area contributed by atoms with Gasteiger partial charge in [0.25, 0.3) is 0 Å². The number of aromatic nitrogens is 2. The van der Waals surface area contributed by atoms with Crippen LogP contribution in [0.3, 0.4) is 0 Å². The first-order valence-corrected chi connectivity index (χ1v) is 42.0. The lowest BCUT2D eigenvalue weighted by Gasteiger charge is -2.31. The Morgan fingerprint density at radius 3 is 1.01 bits per heavy atom. The van der Waals surface area contributed by atoms with Gasteiger partial charge in [-0.1, -0.05) is 311 Å². The maximum absolute atomic E-state index is 2.49. The molecule has 17 aromatic carbocycles. The quantitative estimate of drug-likeness (QED) is 0.0845. The zero-order valence-corrected chi connectivity index (χ0v) is 67.6. The van der Waals surface area contributed by atoms with Gasteiger partial charge in [0.2, 0.25) is 0 Å². The number of rotatable bonds is 17. The smallest absolute Gasteiger partial charge is 0.0541 e. The Hall–Kier alpha value is -14.3. The molecule has 0 spiro atoms. The summed E-state index contributed by atoms with van der Waals surface area (Å²) in [4.78, 5) is 4.83. The molecule has 0 aliphatic heterocycles. The molecule has 0 fully saturated rings. The van der Waals surface area contributed by atoms with Crippen molar-refractivity contribution in [2.75, 3.05) is 9.80 Å². The van der Waals surface area contributed by atoms with Gasteiger partial charge in [0, 0.05) is 83.3 Å². The van der Waals surface area contributed by atoms with Gasteiger partial charge in [-0.3, -0.25) is 0 Å². The van der Waals surface area contributed by atoms with Crippen LogP contribution in [0.2, 0.25) is 0 Å². The van der Waals surface area contributed by atoms with Crippen molar-refractivity contribution in [3.63, 3.8) is 0 Å². The van der Waals surface area contributed by atoms with Crippen LogP contribution in [0, 0.1) is 13.8 Å². The van der Waals surface area contributed by atoms with Crippen molar-refractivity contribution in [2.45, 2.75) is 70.1 Å². The van der Waals surface area contributed by atoms with Crippen LogP contribution >= 0.6 is 0 Å². The SMILES string of the molecule is Cc1ccc(CC2(C)c3ccc(-n4c5ccccc5c5ccccc54)cc3-c3cc(-n4c5ccccc5c5cc(C=Cc6ccc(CC7(C)c8ccccc8-c8ccc(N(c9ccccc9)c9ccc(-c%10ccc(N(c%11ccccc%11)c%11ccc%12c(c%11)C(C)(Cc%11ccc(C)cc%11)c%11ccccc%11-%12)cc%10)cc9)cc87)cc6)ccc54)ccc32)cc1. The van der Waals surface area contributed by atoms with Crippen LogP contribution in [0.25, 0.3) is 112 Å². The summed E-state index contributed by atoms with van der Waals surface area (Å²) < 4.78 is 4.94. The van der Waals surface area contributed by atoms with E-state index < -0.39 is 0 Å². The normalized spacial score (nSPS) is 16.1. The summed E-state index contributed by atoms with van der Waals surface area (Å²) in [5.41, 5.74) is 40.3. The van der Waals surface area contributed by atoms with Gasteiger partial charge < -0.3 is 18.9 Å². The highest BCUT2D eigenvalue weighted by atomic mass is 15.1. The molecule has 4 nitrogen and oxygen atoms in total. The van der Waals surface area contributed by atoms with Crippen molar-refractivity contribution in [3.05, 3.63) is 467 Å². The van der Waals surface area contributed by atoms with E-state index in [1.165, 1.54) is 144 Å². The molecule has 0 amide bonds. The van der Waals surface area contributed by atoms with Crippen LogP contribution in [0.4, 0.5) is 34.1 Å². The molecule has 119 heavy (non-hydrogen) atoms. The van der Waals surface area contributed by atoms with Crippen LogP contribution in [-0.2, 0) is 35.5 Å². The number of anilines is 6. The molecule has 4 heteroatoms. The molecule has 3 unspecified atom stereocenters. The summed E-state index contributed by atoms with van der Waals surface area (Å²) in [6.07, 6.45) is 7.21. The molecule has 568 valence electrons. The monoisotopic (exact) mass is 1520 g/mol. The molecule has 0 bridgehead atoms. The second kappa shape index (κ2) is 28.3. The number of benzene rings is 17. The molecule has 3 aliphatic carbocycles. The predicted octanol–water partition coefficient (Wildman–Crippen LogP) is 29.9. The lowest BCUT2D eigenvalue weighted by atomic mass is 9.75. The van der Waals surface area contributed by atoms with Gasteiger partial charge in [0.05, 0.1) is 22.1 Å². The van der Waals surface area contributed by atoms with Crippen molar-refractivity contribution < 1.29 is 0 Å². The number of fused-ring (bicyclic) bond motifs is 15. The molecule has 2 heterocycles. The van der Waals surface area contributed by atoms with E-state index in [4.69, 9.17) is 0 Å². The average molecular weight is 1530 g/mol. The maximum Gasteiger partial charge on any atom is 0.0541 e. The van der Waals surface area contributed by atoms with E-state index in [0.717, 1.165) is 81.3 Å². The standard InChI is InChI=1S/C115H88N4/c1-76-36-40-80(41-37-76)73-113(3)105-65-61-89(118-109-33-19-14-28-97(109)98-29-15-20-34-110(98)118)69-100(105)101-70-90(62-66-106(101)113)119-111-35-21-16-30-99(111)102-68-79(50-67-112(102)119)47-44-78-45-48-82(49-46-78)75-115(5)104-32-18-13-27-94(104)96-64-60-92(72-108(96)115)117(86-24-10-7-11-25-86)88-57-53-84(54-58-88)83-51-55-87(56-52-83)116(85-22-8-6-9-23-85)91-59-63-95-93-26-12-17-31-103(93)114(4,107(95)71-91)74-81-42-38-77(2)39-43-81/h6-72H,73-75H2,1-5H3. The van der Waals surface area contributed by atoms with Gasteiger partial charge in [-0.05, 0) is 266 Å². The fraction of sp³-hybridized carbons (Fsp3) is 0.0957. The minimum absolute atomic E-state index is 0.206. The van der Waals surface area contributed by atoms with E-state index in [0.29, 0.717) is 0 Å². The first-order chi connectivity index (χ1) is 58.4. The summed E-state index contributed by atoms with van der Waals surface area (Å²) in [5.74, 6) is 0. The van der Waals surface area contributed by atoms with Gasteiger partial charge in [-0.15, -0.1) is 0 Å². The minimum atomic E-state index is -0.304. The largest absolute Gasteiger partial charge is 0.310 e. The van der Waals surface area contributed by atoms with E-state index >= 15 is 0 Å². The van der Waals surface area contributed by atoms with Crippen molar-refractivity contribution in [2.24, 2.45) is 0 Å². The second-order valence-electron chi connectivity index (χ2n) is 34.0. The molecule has 3 aliphatic rings. The van der Waals surface area contributed by atoms with Gasteiger partial charge in [0.1, 0.15) is 0 Å². The van der Waals surface area contributed by atoms with Gasteiger partial charge in [0.15, 0.2) is 0 Å². The fourth-order valence-corrected chi connectivity index (χ4v) is 20.7. The topological polar surface area (TPSA) is 16.3 Å². The van der Waals surface area contributed by atoms with Crippen LogP contribution in [0.5, 0.6) is 0 Å². The van der Waals surface area contributed by atoms with E-state index in [1.54, 1.807) is 0 Å². The predicted molar refractivity (Wildman–Crippen MR) is 501 cm³/mol. The van der Waals surface area contributed by atoms with Crippen LogP contribution in [-0.4, -0.2) is 9.13 Å². The van der Waals surface area contributed by atoms with Gasteiger partial charge >= 0.3 is 0 Å². The molecular formula is C115H88N4. The van der Waals surface area contributed by atoms with Crippen molar-refractivity contribution in [3.8, 4) is 55.9 Å². The fourth-order valence-electron chi connectivity index (χ4n) is 20.7. The third-order valence-electron chi connectivity index (χ3n) is 26.6. The van der Waals surface area contributed by atoms with E-state index in [-0.39, 0.29) is 16.2 Å². The van der Waals surface area contributed by atoms with Crippen molar-refractivity contribution >= 4 is 89.9 Å². The molecule has 0 saturated carbocycles. The Kier molecular flexibility index (Phi) is 16.9.